The van der Waals surface area contributed by atoms with E-state index in [4.69, 9.17) is 10.5 Å². The van der Waals surface area contributed by atoms with Gasteiger partial charge < -0.3 is 10.5 Å². The highest BCUT2D eigenvalue weighted by Crippen LogP contribution is 2.29. The minimum Gasteiger partial charge on any atom is -0.462 e. The number of nitrogens with zero attached hydrogens (tertiary/aromatic N) is 5. The molecule has 0 saturated heterocycles. The van der Waals surface area contributed by atoms with Gasteiger partial charge in [0, 0.05) is 11.1 Å². The van der Waals surface area contributed by atoms with Gasteiger partial charge in [0.1, 0.15) is 22.8 Å². The van der Waals surface area contributed by atoms with Gasteiger partial charge in [-0.25, -0.2) is 9.78 Å². The van der Waals surface area contributed by atoms with Gasteiger partial charge in [0.05, 0.1) is 12.8 Å². The highest BCUT2D eigenvalue weighted by atomic mass is 16.5. The lowest BCUT2D eigenvalue weighted by Crippen LogP contribution is -2.12. The van der Waals surface area contributed by atoms with Crippen molar-refractivity contribution >= 4 is 11.8 Å². The predicted molar refractivity (Wildman–Crippen MR) is 108 cm³/mol. The molecule has 8 nitrogen and oxygen atoms in total. The van der Waals surface area contributed by atoms with Crippen LogP contribution in [0.1, 0.15) is 17.3 Å². The molecular weight excluding hydrogens is 368 g/mol. The van der Waals surface area contributed by atoms with E-state index in [1.165, 1.54) is 10.9 Å². The first-order valence-corrected chi connectivity index (χ1v) is 9.05. The van der Waals surface area contributed by atoms with Gasteiger partial charge in [-0.15, -0.1) is 10.2 Å². The number of esters is 1. The van der Waals surface area contributed by atoms with Gasteiger partial charge >= 0.3 is 5.97 Å². The van der Waals surface area contributed by atoms with E-state index in [0.717, 1.165) is 11.1 Å². The molecule has 2 heterocycles. The van der Waals surface area contributed by atoms with Crippen molar-refractivity contribution in [3.05, 3.63) is 72.4 Å². The quantitative estimate of drug-likeness (QED) is 0.525. The van der Waals surface area contributed by atoms with Crippen molar-refractivity contribution in [1.29, 1.82) is 0 Å². The number of anilines is 1. The van der Waals surface area contributed by atoms with Crippen LogP contribution >= 0.6 is 0 Å². The predicted octanol–water partition coefficient (Wildman–Crippen LogP) is 3.15. The Morgan fingerprint density at radius 1 is 0.966 bits per heavy atom. The van der Waals surface area contributed by atoms with Crippen LogP contribution in [0.2, 0.25) is 0 Å². The van der Waals surface area contributed by atoms with Gasteiger partial charge in [-0.3, -0.25) is 0 Å². The van der Waals surface area contributed by atoms with E-state index in [1.807, 2.05) is 60.7 Å². The minimum atomic E-state index is -0.548. The molecule has 4 rings (SSSR count). The third-order valence-electron chi connectivity index (χ3n) is 4.26. The number of nitrogens with two attached hydrogens (primary N) is 1. The molecule has 2 N–H and O–H groups in total. The molecule has 0 aliphatic heterocycles. The lowest BCUT2D eigenvalue weighted by molar-refractivity contribution is 0.0527. The van der Waals surface area contributed by atoms with Gasteiger partial charge in [0.2, 0.25) is 0 Å². The Morgan fingerprint density at radius 3 is 2.21 bits per heavy atom. The summed E-state index contributed by atoms with van der Waals surface area (Å²) in [5.41, 5.74) is 9.28. The number of hydrogen-bond donors (Lipinski definition) is 1. The van der Waals surface area contributed by atoms with E-state index in [-0.39, 0.29) is 23.9 Å². The largest absolute Gasteiger partial charge is 0.462 e. The first-order chi connectivity index (χ1) is 14.2. The maximum atomic E-state index is 12.0. The molecule has 2 aromatic carbocycles. The van der Waals surface area contributed by atoms with Gasteiger partial charge in [0.25, 0.3) is 5.95 Å². The molecule has 0 aliphatic carbocycles. The summed E-state index contributed by atoms with van der Waals surface area (Å²) in [7, 11) is 0. The molecule has 0 radical (unpaired) electrons. The molecule has 4 aromatic rings. The minimum absolute atomic E-state index is 0.0942. The lowest BCUT2D eigenvalue weighted by Gasteiger charge is -2.10. The first kappa shape index (κ1) is 18.3. The van der Waals surface area contributed by atoms with Crippen molar-refractivity contribution < 1.29 is 9.53 Å². The molecule has 0 fully saturated rings. The Kier molecular flexibility index (Phi) is 4.98. The SMILES string of the molecule is CCOC(=O)c1cnn(-c2nnc(-c3ccccc3)c(-c3ccccc3)n2)c1N. The second kappa shape index (κ2) is 7.89. The van der Waals surface area contributed by atoms with Gasteiger partial charge in [-0.2, -0.15) is 9.78 Å². The molecule has 2 aromatic heterocycles. The zero-order valence-electron chi connectivity index (χ0n) is 15.7. The lowest BCUT2D eigenvalue weighted by atomic mass is 10.0. The molecule has 144 valence electrons. The molecular formula is C21H18N6O2. The Bertz CT molecular complexity index is 1140. The molecule has 0 atom stereocenters. The fraction of sp³-hybridized carbons (Fsp3) is 0.0952. The van der Waals surface area contributed by atoms with Crippen LogP contribution in [0.25, 0.3) is 28.5 Å². The number of benzene rings is 2. The summed E-state index contributed by atoms with van der Waals surface area (Å²) in [5, 5.41) is 12.7. The normalized spacial score (nSPS) is 10.7. The van der Waals surface area contributed by atoms with Gasteiger partial charge in [-0.1, -0.05) is 60.7 Å². The van der Waals surface area contributed by atoms with Crippen LogP contribution in [0.4, 0.5) is 5.82 Å². The number of rotatable bonds is 5. The molecule has 0 unspecified atom stereocenters. The zero-order chi connectivity index (χ0) is 20.2. The van der Waals surface area contributed by atoms with E-state index in [1.54, 1.807) is 6.92 Å². The van der Waals surface area contributed by atoms with Crippen LogP contribution in [-0.4, -0.2) is 37.5 Å². The maximum Gasteiger partial charge on any atom is 0.343 e. The van der Waals surface area contributed by atoms with E-state index < -0.39 is 5.97 Å². The highest BCUT2D eigenvalue weighted by Gasteiger charge is 2.20. The Balaban J connectivity index is 1.84. The molecule has 0 saturated carbocycles. The average Bonchev–Trinajstić information content (AvgIpc) is 3.16. The fourth-order valence-electron chi connectivity index (χ4n) is 2.88. The Hall–Kier alpha value is -4.07. The molecule has 0 spiro atoms. The van der Waals surface area contributed by atoms with E-state index in [0.29, 0.717) is 11.4 Å². The second-order valence-electron chi connectivity index (χ2n) is 6.12. The summed E-state index contributed by atoms with van der Waals surface area (Å²) < 4.78 is 6.28. The van der Waals surface area contributed by atoms with Crippen molar-refractivity contribution in [2.24, 2.45) is 0 Å². The van der Waals surface area contributed by atoms with Crippen LogP contribution in [0.5, 0.6) is 0 Å². The van der Waals surface area contributed by atoms with Crippen molar-refractivity contribution in [3.63, 3.8) is 0 Å². The van der Waals surface area contributed by atoms with E-state index in [9.17, 15) is 4.79 Å². The number of aromatic nitrogens is 5. The topological polar surface area (TPSA) is 109 Å². The van der Waals surface area contributed by atoms with Crippen molar-refractivity contribution in [1.82, 2.24) is 25.0 Å². The zero-order valence-corrected chi connectivity index (χ0v) is 15.7. The van der Waals surface area contributed by atoms with Crippen molar-refractivity contribution in [3.8, 4) is 28.5 Å². The molecule has 0 aliphatic rings. The Labute approximate surface area is 167 Å². The van der Waals surface area contributed by atoms with Crippen molar-refractivity contribution in [2.45, 2.75) is 6.92 Å². The average molecular weight is 386 g/mol. The summed E-state index contributed by atoms with van der Waals surface area (Å²) in [5.74, 6) is -0.290. The fourth-order valence-corrected chi connectivity index (χ4v) is 2.88. The number of carbonyl (C=O) groups excluding carboxylic acids is 1. The number of carbonyl (C=O) groups is 1. The number of hydrogen-bond acceptors (Lipinski definition) is 7. The van der Waals surface area contributed by atoms with Crippen LogP contribution in [0.3, 0.4) is 0 Å². The smallest absolute Gasteiger partial charge is 0.343 e. The third kappa shape index (κ3) is 3.55. The molecule has 0 bridgehead atoms. The summed E-state index contributed by atoms with van der Waals surface area (Å²) in [4.78, 5) is 16.7. The highest BCUT2D eigenvalue weighted by molar-refractivity contribution is 5.94. The van der Waals surface area contributed by atoms with Crippen LogP contribution in [0.15, 0.2) is 66.9 Å². The maximum absolute atomic E-state index is 12.0. The Morgan fingerprint density at radius 2 is 1.59 bits per heavy atom. The first-order valence-electron chi connectivity index (χ1n) is 9.05. The molecule has 8 heteroatoms. The number of nitrogen functional groups attached to an aromatic ring is 1. The van der Waals surface area contributed by atoms with Crippen LogP contribution in [0, 0.1) is 0 Å². The van der Waals surface area contributed by atoms with E-state index >= 15 is 0 Å². The van der Waals surface area contributed by atoms with Gasteiger partial charge in [0.15, 0.2) is 0 Å². The van der Waals surface area contributed by atoms with Crippen LogP contribution < -0.4 is 5.73 Å². The van der Waals surface area contributed by atoms with E-state index in [2.05, 4.69) is 20.3 Å². The third-order valence-corrected chi connectivity index (χ3v) is 4.26. The molecule has 29 heavy (non-hydrogen) atoms. The summed E-state index contributed by atoms with van der Waals surface area (Å²) in [6, 6.07) is 19.3. The summed E-state index contributed by atoms with van der Waals surface area (Å²) in [6.45, 7) is 1.96. The standard InChI is InChI=1S/C21H18N6O2/c1-2-29-20(28)16-13-23-27(19(16)22)21-24-17(14-9-5-3-6-10-14)18(25-26-21)15-11-7-4-8-12-15/h3-13H,2,22H2,1H3. The number of ether oxygens (including phenoxy) is 1. The molecule has 0 amide bonds. The van der Waals surface area contributed by atoms with Crippen LogP contribution in [-0.2, 0) is 4.74 Å². The summed E-state index contributed by atoms with van der Waals surface area (Å²) >= 11 is 0. The summed E-state index contributed by atoms with van der Waals surface area (Å²) in [6.07, 6.45) is 1.34. The monoisotopic (exact) mass is 386 g/mol. The van der Waals surface area contributed by atoms with Crippen molar-refractivity contribution in [2.75, 3.05) is 12.3 Å². The van der Waals surface area contributed by atoms with Gasteiger partial charge in [-0.05, 0) is 6.92 Å². The second-order valence-corrected chi connectivity index (χ2v) is 6.12.